The Morgan fingerprint density at radius 2 is 1.68 bits per heavy atom. The average molecular weight is 272 g/mol. The fourth-order valence-electron chi connectivity index (χ4n) is 2.30. The topological polar surface area (TPSA) is 74.6 Å². The van der Waals surface area contributed by atoms with Gasteiger partial charge in [-0.2, -0.15) is 0 Å². The molecule has 1 aliphatic carbocycles. The summed E-state index contributed by atoms with van der Waals surface area (Å²) in [5.41, 5.74) is 0. The molecule has 0 aromatic heterocycles. The third-order valence-corrected chi connectivity index (χ3v) is 3.70. The van der Waals surface area contributed by atoms with Gasteiger partial charge >= 0.3 is 11.9 Å². The molecule has 1 saturated carbocycles. The molecule has 4 nitrogen and oxygen atoms in total. The van der Waals surface area contributed by atoms with Gasteiger partial charge in [-0.15, -0.1) is 0 Å². The molecule has 0 aromatic carbocycles. The molecule has 2 N–H and O–H groups in total. The molecule has 0 amide bonds. The Hall–Kier alpha value is -1.06. The third kappa shape index (κ3) is 8.62. The lowest BCUT2D eigenvalue weighted by Gasteiger charge is -2.16. The summed E-state index contributed by atoms with van der Waals surface area (Å²) in [5, 5.41) is 17.1. The van der Waals surface area contributed by atoms with Crippen LogP contribution in [0.25, 0.3) is 0 Å². The zero-order valence-corrected chi connectivity index (χ0v) is 12.2. The number of carboxylic acids is 2. The molecule has 1 atom stereocenters. The Kier molecular flexibility index (Phi) is 10.2. The van der Waals surface area contributed by atoms with Crippen molar-refractivity contribution in [2.24, 2.45) is 11.8 Å². The highest BCUT2D eigenvalue weighted by Gasteiger charge is 2.19. The molecule has 4 heteroatoms. The van der Waals surface area contributed by atoms with Crippen molar-refractivity contribution < 1.29 is 19.8 Å². The number of carboxylic acid groups (broad SMARTS) is 2. The maximum Gasteiger partial charge on any atom is 0.306 e. The van der Waals surface area contributed by atoms with E-state index < -0.39 is 11.9 Å². The second kappa shape index (κ2) is 10.8. The standard InChI is InChI=1S/C8H16O2.C7H12O2/c1-3-5-6-7(4-2)8(9)10;8-7(9)6-4-2-1-3-5-6/h7H,3-6H2,1-2H3,(H,9,10);6H,1-5H2,(H,8,9). The Labute approximate surface area is 116 Å². The monoisotopic (exact) mass is 272 g/mol. The summed E-state index contributed by atoms with van der Waals surface area (Å²) < 4.78 is 0. The molecule has 1 rings (SSSR count). The summed E-state index contributed by atoms with van der Waals surface area (Å²) in [6.07, 6.45) is 8.95. The van der Waals surface area contributed by atoms with Crippen LogP contribution in [0.15, 0.2) is 0 Å². The Balaban J connectivity index is 0.000000342. The number of unbranched alkanes of at least 4 members (excludes halogenated alkanes) is 1. The summed E-state index contributed by atoms with van der Waals surface area (Å²) in [5.74, 6) is -1.38. The van der Waals surface area contributed by atoms with Gasteiger partial charge in [-0.1, -0.05) is 46.0 Å². The molecule has 112 valence electrons. The van der Waals surface area contributed by atoms with Gasteiger partial charge in [-0.3, -0.25) is 9.59 Å². The van der Waals surface area contributed by atoms with Gasteiger partial charge in [0.2, 0.25) is 0 Å². The quantitative estimate of drug-likeness (QED) is 0.768. The molecule has 1 fully saturated rings. The molecule has 19 heavy (non-hydrogen) atoms. The summed E-state index contributed by atoms with van der Waals surface area (Å²) in [6.45, 7) is 4.00. The lowest BCUT2D eigenvalue weighted by Crippen LogP contribution is -2.16. The van der Waals surface area contributed by atoms with Crippen molar-refractivity contribution >= 4 is 11.9 Å². The van der Waals surface area contributed by atoms with Crippen LogP contribution in [-0.4, -0.2) is 22.2 Å². The highest BCUT2D eigenvalue weighted by atomic mass is 16.4. The van der Waals surface area contributed by atoms with Crippen LogP contribution in [0.2, 0.25) is 0 Å². The molecule has 0 spiro atoms. The van der Waals surface area contributed by atoms with Crippen molar-refractivity contribution in [1.82, 2.24) is 0 Å². The third-order valence-electron chi connectivity index (χ3n) is 3.70. The first-order chi connectivity index (χ1) is 9.02. The second-order valence-electron chi connectivity index (χ2n) is 5.26. The van der Waals surface area contributed by atoms with Gasteiger partial charge in [0.15, 0.2) is 0 Å². The molecule has 0 radical (unpaired) electrons. The minimum absolute atomic E-state index is 0.0289. The second-order valence-corrected chi connectivity index (χ2v) is 5.26. The fourth-order valence-corrected chi connectivity index (χ4v) is 2.30. The molecular formula is C15H28O4. The van der Waals surface area contributed by atoms with Crippen LogP contribution in [-0.2, 0) is 9.59 Å². The Bertz CT molecular complexity index is 257. The van der Waals surface area contributed by atoms with E-state index >= 15 is 0 Å². The summed E-state index contributed by atoms with van der Waals surface area (Å²) >= 11 is 0. The number of hydrogen-bond donors (Lipinski definition) is 2. The molecule has 0 aromatic rings. The summed E-state index contributed by atoms with van der Waals surface area (Å²) in [7, 11) is 0. The van der Waals surface area contributed by atoms with Gasteiger partial charge in [0.1, 0.15) is 0 Å². The van der Waals surface area contributed by atoms with E-state index in [1.165, 1.54) is 6.42 Å². The van der Waals surface area contributed by atoms with E-state index in [0.29, 0.717) is 0 Å². The van der Waals surface area contributed by atoms with Crippen LogP contribution in [0.5, 0.6) is 0 Å². The van der Waals surface area contributed by atoms with E-state index in [-0.39, 0.29) is 11.8 Å². The largest absolute Gasteiger partial charge is 0.481 e. The summed E-state index contributed by atoms with van der Waals surface area (Å²) in [4.78, 5) is 20.8. The predicted molar refractivity (Wildman–Crippen MR) is 75.2 cm³/mol. The van der Waals surface area contributed by atoms with Gasteiger partial charge in [-0.05, 0) is 25.7 Å². The molecule has 0 saturated heterocycles. The lowest BCUT2D eigenvalue weighted by atomic mass is 9.90. The number of carbonyl (C=O) groups is 2. The van der Waals surface area contributed by atoms with Crippen LogP contribution in [0.1, 0.15) is 71.6 Å². The minimum Gasteiger partial charge on any atom is -0.481 e. The highest BCUT2D eigenvalue weighted by molar-refractivity contribution is 5.70. The first kappa shape index (κ1) is 17.9. The van der Waals surface area contributed by atoms with Crippen molar-refractivity contribution in [2.45, 2.75) is 71.6 Å². The molecular weight excluding hydrogens is 244 g/mol. The summed E-state index contributed by atoms with van der Waals surface area (Å²) in [6, 6.07) is 0. The van der Waals surface area contributed by atoms with E-state index in [4.69, 9.17) is 10.2 Å². The van der Waals surface area contributed by atoms with Crippen molar-refractivity contribution in [3.8, 4) is 0 Å². The Morgan fingerprint density at radius 1 is 1.11 bits per heavy atom. The van der Waals surface area contributed by atoms with Crippen molar-refractivity contribution in [3.05, 3.63) is 0 Å². The molecule has 1 unspecified atom stereocenters. The van der Waals surface area contributed by atoms with Crippen LogP contribution in [0.3, 0.4) is 0 Å². The molecule has 0 aliphatic heterocycles. The zero-order valence-electron chi connectivity index (χ0n) is 12.2. The van der Waals surface area contributed by atoms with Crippen LogP contribution < -0.4 is 0 Å². The normalized spacial score (nSPS) is 17.2. The maximum atomic E-state index is 10.4. The first-order valence-electron chi connectivity index (χ1n) is 7.48. The van der Waals surface area contributed by atoms with E-state index in [9.17, 15) is 9.59 Å². The molecule has 0 heterocycles. The zero-order chi connectivity index (χ0) is 14.7. The van der Waals surface area contributed by atoms with Crippen LogP contribution in [0, 0.1) is 11.8 Å². The number of rotatable bonds is 6. The van der Waals surface area contributed by atoms with Crippen molar-refractivity contribution in [2.75, 3.05) is 0 Å². The van der Waals surface area contributed by atoms with Gasteiger partial charge in [-0.25, -0.2) is 0 Å². The lowest BCUT2D eigenvalue weighted by molar-refractivity contribution is -0.143. The van der Waals surface area contributed by atoms with Gasteiger partial charge in [0.05, 0.1) is 11.8 Å². The number of hydrogen-bond acceptors (Lipinski definition) is 2. The van der Waals surface area contributed by atoms with Gasteiger partial charge < -0.3 is 10.2 Å². The highest BCUT2D eigenvalue weighted by Crippen LogP contribution is 2.23. The van der Waals surface area contributed by atoms with E-state index in [0.717, 1.165) is 51.4 Å². The van der Waals surface area contributed by atoms with Crippen molar-refractivity contribution in [3.63, 3.8) is 0 Å². The predicted octanol–water partition coefficient (Wildman–Crippen LogP) is 3.94. The fraction of sp³-hybridized carbons (Fsp3) is 0.867. The van der Waals surface area contributed by atoms with E-state index in [1.54, 1.807) is 0 Å². The van der Waals surface area contributed by atoms with E-state index in [1.807, 2.05) is 6.92 Å². The smallest absolute Gasteiger partial charge is 0.306 e. The van der Waals surface area contributed by atoms with Crippen LogP contribution >= 0.6 is 0 Å². The van der Waals surface area contributed by atoms with Gasteiger partial charge in [0.25, 0.3) is 0 Å². The number of aliphatic carboxylic acids is 2. The van der Waals surface area contributed by atoms with Gasteiger partial charge in [0, 0.05) is 0 Å². The molecule has 1 aliphatic rings. The minimum atomic E-state index is -0.643. The Morgan fingerprint density at radius 3 is 2.00 bits per heavy atom. The maximum absolute atomic E-state index is 10.4. The van der Waals surface area contributed by atoms with Crippen LogP contribution in [0.4, 0.5) is 0 Å². The SMILES string of the molecule is CCCCC(CC)C(=O)O.O=C(O)C1CCCCC1. The van der Waals surface area contributed by atoms with E-state index in [2.05, 4.69) is 6.92 Å². The first-order valence-corrected chi connectivity index (χ1v) is 7.48. The molecule has 0 bridgehead atoms. The average Bonchev–Trinajstić information content (AvgIpc) is 2.41. The van der Waals surface area contributed by atoms with Crippen molar-refractivity contribution in [1.29, 1.82) is 0 Å².